The van der Waals surface area contributed by atoms with Crippen molar-refractivity contribution in [1.82, 2.24) is 9.55 Å². The van der Waals surface area contributed by atoms with Crippen molar-refractivity contribution in [3.05, 3.63) is 54.5 Å². The highest BCUT2D eigenvalue weighted by Gasteiger charge is 2.19. The molecule has 2 aromatic carbocycles. The van der Waals surface area contributed by atoms with E-state index in [-0.39, 0.29) is 11.5 Å². The average molecular weight is 378 g/mol. The first-order valence-corrected chi connectivity index (χ1v) is 9.87. The molecule has 1 aliphatic carbocycles. The fourth-order valence-corrected chi connectivity index (χ4v) is 4.14. The molecule has 0 amide bonds. The van der Waals surface area contributed by atoms with Crippen molar-refractivity contribution >= 4 is 0 Å². The molecule has 28 heavy (non-hydrogen) atoms. The number of hydrogen-bond donors (Lipinski definition) is 2. The van der Waals surface area contributed by atoms with Gasteiger partial charge in [0.1, 0.15) is 17.2 Å². The number of imidazole rings is 1. The van der Waals surface area contributed by atoms with Gasteiger partial charge in [0.15, 0.2) is 0 Å². The van der Waals surface area contributed by atoms with E-state index in [2.05, 4.69) is 4.98 Å². The maximum atomic E-state index is 10.5. The molecule has 4 rings (SSSR count). The molecule has 0 spiro atoms. The van der Waals surface area contributed by atoms with Gasteiger partial charge in [-0.3, -0.25) is 4.57 Å². The lowest BCUT2D eigenvalue weighted by atomic mass is 9.84. The Hall–Kier alpha value is -2.95. The molecule has 5 nitrogen and oxygen atoms in total. The van der Waals surface area contributed by atoms with Crippen molar-refractivity contribution in [3.63, 3.8) is 0 Å². The van der Waals surface area contributed by atoms with Gasteiger partial charge in [0.2, 0.25) is 0 Å². The third-order valence-corrected chi connectivity index (χ3v) is 5.70. The predicted molar refractivity (Wildman–Crippen MR) is 109 cm³/mol. The molecule has 0 radical (unpaired) electrons. The number of ether oxygens (including phenoxy) is 1. The van der Waals surface area contributed by atoms with Crippen LogP contribution in [0.25, 0.3) is 16.9 Å². The number of rotatable bonds is 5. The van der Waals surface area contributed by atoms with E-state index in [1.54, 1.807) is 19.6 Å². The second-order valence-corrected chi connectivity index (χ2v) is 7.55. The summed E-state index contributed by atoms with van der Waals surface area (Å²) in [6, 6.07) is 11.1. The van der Waals surface area contributed by atoms with Gasteiger partial charge < -0.3 is 14.9 Å². The Kier molecular flexibility index (Phi) is 5.24. The molecule has 0 atom stereocenters. The largest absolute Gasteiger partial charge is 0.508 e. The van der Waals surface area contributed by atoms with E-state index >= 15 is 0 Å². The third kappa shape index (κ3) is 3.70. The van der Waals surface area contributed by atoms with Gasteiger partial charge in [0.05, 0.1) is 25.3 Å². The van der Waals surface area contributed by atoms with Crippen LogP contribution in [0, 0.1) is 5.92 Å². The van der Waals surface area contributed by atoms with Crippen LogP contribution in [0.15, 0.2) is 48.9 Å². The third-order valence-electron chi connectivity index (χ3n) is 5.70. The van der Waals surface area contributed by atoms with Crippen LogP contribution in [0.5, 0.6) is 17.2 Å². The summed E-state index contributed by atoms with van der Waals surface area (Å²) in [5.41, 5.74) is 3.28. The smallest absolute Gasteiger partial charge is 0.128 e. The number of phenolic OH excluding ortho intramolecular Hbond substituents is 2. The molecule has 2 N–H and O–H groups in total. The topological polar surface area (TPSA) is 67.5 Å². The molecular weight excluding hydrogens is 352 g/mol. The number of benzene rings is 2. The zero-order valence-corrected chi connectivity index (χ0v) is 16.1. The zero-order chi connectivity index (χ0) is 19.5. The summed E-state index contributed by atoms with van der Waals surface area (Å²) in [5.74, 6) is 1.61. The first-order valence-electron chi connectivity index (χ1n) is 9.87. The lowest BCUT2D eigenvalue weighted by Gasteiger charge is -2.22. The summed E-state index contributed by atoms with van der Waals surface area (Å²) >= 11 is 0. The Morgan fingerprint density at radius 1 is 1.04 bits per heavy atom. The van der Waals surface area contributed by atoms with Gasteiger partial charge in [-0.15, -0.1) is 0 Å². The summed E-state index contributed by atoms with van der Waals surface area (Å²) in [6.07, 6.45) is 10.6. The molecule has 1 aromatic heterocycles. The zero-order valence-electron chi connectivity index (χ0n) is 16.1. The van der Waals surface area contributed by atoms with Crippen LogP contribution in [0.2, 0.25) is 0 Å². The molecule has 0 aliphatic heterocycles. The molecule has 5 heteroatoms. The molecule has 0 unspecified atom stereocenters. The molecular formula is C23H26N2O3. The molecule has 1 aliphatic rings. The Morgan fingerprint density at radius 2 is 1.79 bits per heavy atom. The van der Waals surface area contributed by atoms with Crippen molar-refractivity contribution in [2.45, 2.75) is 38.5 Å². The molecule has 0 saturated heterocycles. The second kappa shape index (κ2) is 7.97. The van der Waals surface area contributed by atoms with E-state index < -0.39 is 0 Å². The fraction of sp³-hybridized carbons (Fsp3) is 0.348. The Balaban J connectivity index is 1.69. The summed E-state index contributed by atoms with van der Waals surface area (Å²) in [4.78, 5) is 4.28. The van der Waals surface area contributed by atoms with E-state index in [1.807, 2.05) is 34.9 Å². The van der Waals surface area contributed by atoms with Gasteiger partial charge in [-0.25, -0.2) is 4.98 Å². The van der Waals surface area contributed by atoms with Crippen molar-refractivity contribution in [1.29, 1.82) is 0 Å². The van der Waals surface area contributed by atoms with E-state index in [9.17, 15) is 10.2 Å². The van der Waals surface area contributed by atoms with Crippen molar-refractivity contribution < 1.29 is 14.9 Å². The SMILES string of the molecule is COc1ccc(-n2cncc2-c2cc(CC3CCCCC3)c(O)cc2O)cc1. The van der Waals surface area contributed by atoms with Crippen molar-refractivity contribution in [2.24, 2.45) is 5.92 Å². The highest BCUT2D eigenvalue weighted by molar-refractivity contribution is 5.71. The van der Waals surface area contributed by atoms with E-state index in [1.165, 1.54) is 38.2 Å². The number of aromatic hydroxyl groups is 2. The van der Waals surface area contributed by atoms with E-state index in [0.29, 0.717) is 11.5 Å². The molecule has 3 aromatic rings. The molecule has 0 bridgehead atoms. The average Bonchev–Trinajstić information content (AvgIpc) is 3.20. The first kappa shape index (κ1) is 18.4. The maximum Gasteiger partial charge on any atom is 0.128 e. The standard InChI is InChI=1S/C23H26N2O3/c1-28-19-9-7-18(8-10-19)25-15-24-14-21(25)20-12-17(22(26)13-23(20)27)11-16-5-3-2-4-6-16/h7-10,12-16,26-27H,2-6,11H2,1H3. The summed E-state index contributed by atoms with van der Waals surface area (Å²) < 4.78 is 7.16. The fourth-order valence-electron chi connectivity index (χ4n) is 4.14. The van der Waals surface area contributed by atoms with Gasteiger partial charge in [0.25, 0.3) is 0 Å². The quantitative estimate of drug-likeness (QED) is 0.649. The molecule has 1 fully saturated rings. The normalized spacial score (nSPS) is 14.9. The van der Waals surface area contributed by atoms with Crippen molar-refractivity contribution in [2.75, 3.05) is 7.11 Å². The number of phenols is 2. The maximum absolute atomic E-state index is 10.5. The minimum atomic E-state index is 0.0557. The molecule has 146 valence electrons. The Morgan fingerprint density at radius 3 is 2.50 bits per heavy atom. The molecule has 1 saturated carbocycles. The summed E-state index contributed by atoms with van der Waals surface area (Å²) in [6.45, 7) is 0. The van der Waals surface area contributed by atoms with Gasteiger partial charge in [-0.2, -0.15) is 0 Å². The molecule has 1 heterocycles. The minimum absolute atomic E-state index is 0.0557. The van der Waals surface area contributed by atoms with Gasteiger partial charge in [-0.05, 0) is 48.2 Å². The number of aromatic nitrogens is 2. The van der Waals surface area contributed by atoms with E-state index in [0.717, 1.165) is 29.1 Å². The summed E-state index contributed by atoms with van der Waals surface area (Å²) in [5, 5.41) is 20.9. The first-order chi connectivity index (χ1) is 13.7. The second-order valence-electron chi connectivity index (χ2n) is 7.55. The van der Waals surface area contributed by atoms with Crippen LogP contribution >= 0.6 is 0 Å². The van der Waals surface area contributed by atoms with Gasteiger partial charge >= 0.3 is 0 Å². The number of hydrogen-bond acceptors (Lipinski definition) is 4. The lowest BCUT2D eigenvalue weighted by Crippen LogP contribution is -2.09. The van der Waals surface area contributed by atoms with Crippen LogP contribution in [-0.4, -0.2) is 26.9 Å². The van der Waals surface area contributed by atoms with Crippen LogP contribution < -0.4 is 4.74 Å². The minimum Gasteiger partial charge on any atom is -0.508 e. The van der Waals surface area contributed by atoms with Crippen LogP contribution in [0.3, 0.4) is 0 Å². The monoisotopic (exact) mass is 378 g/mol. The predicted octanol–water partition coefficient (Wildman–Crippen LogP) is 5.08. The highest BCUT2D eigenvalue weighted by atomic mass is 16.5. The highest BCUT2D eigenvalue weighted by Crippen LogP contribution is 2.38. The number of methoxy groups -OCH3 is 1. The van der Waals surface area contributed by atoms with Crippen LogP contribution in [0.4, 0.5) is 0 Å². The van der Waals surface area contributed by atoms with Crippen LogP contribution in [0.1, 0.15) is 37.7 Å². The van der Waals surface area contributed by atoms with Crippen molar-refractivity contribution in [3.8, 4) is 34.2 Å². The number of nitrogens with zero attached hydrogens (tertiary/aromatic N) is 2. The Labute approximate surface area is 165 Å². The van der Waals surface area contributed by atoms with E-state index in [4.69, 9.17) is 4.74 Å². The Bertz CT molecular complexity index is 941. The van der Waals surface area contributed by atoms with Gasteiger partial charge in [0, 0.05) is 17.3 Å². The summed E-state index contributed by atoms with van der Waals surface area (Å²) in [7, 11) is 1.64. The lowest BCUT2D eigenvalue weighted by molar-refractivity contribution is 0.351. The van der Waals surface area contributed by atoms with Gasteiger partial charge in [-0.1, -0.05) is 32.1 Å². The van der Waals surface area contributed by atoms with Crippen LogP contribution in [-0.2, 0) is 6.42 Å².